The van der Waals surface area contributed by atoms with Crippen molar-refractivity contribution >= 4 is 11.0 Å². The Balaban J connectivity index is 1.23. The molecular weight excluding hydrogens is 716 g/mol. The third kappa shape index (κ3) is 7.34. The summed E-state index contributed by atoms with van der Waals surface area (Å²) in [6, 6.07) is 5.15. The predicted octanol–water partition coefficient (Wildman–Crippen LogP) is -2.84. The third-order valence-electron chi connectivity index (χ3n) is 9.36. The normalized spacial score (nSPS) is 37.8. The van der Waals surface area contributed by atoms with Crippen LogP contribution in [0.25, 0.3) is 22.3 Å². The quantitative estimate of drug-likeness (QED) is 0.103. The number of phenolic OH excluding ortho intramolecular Hbond substituents is 4. The van der Waals surface area contributed by atoms with Gasteiger partial charge in [0.1, 0.15) is 83.5 Å². The smallest absolute Gasteiger partial charge is 0.239 e. The van der Waals surface area contributed by atoms with Crippen molar-refractivity contribution in [1.29, 1.82) is 0 Å². The van der Waals surface area contributed by atoms with E-state index in [1.165, 1.54) is 19.9 Å². The maximum atomic E-state index is 13.7. The Labute approximate surface area is 298 Å². The Hall–Kier alpha value is -3.87. The lowest BCUT2D eigenvalue weighted by molar-refractivity contribution is -0.358. The zero-order valence-electron chi connectivity index (χ0n) is 27.9. The molecule has 20 nitrogen and oxygen atoms in total. The average molecular weight is 757 g/mol. The van der Waals surface area contributed by atoms with Crippen LogP contribution in [0.1, 0.15) is 13.8 Å². The van der Waals surface area contributed by atoms with Gasteiger partial charge in [0.05, 0.1) is 18.8 Å². The molecular formula is C33H40O20. The molecule has 0 saturated carbocycles. The van der Waals surface area contributed by atoms with Crippen molar-refractivity contribution < 1.29 is 94.1 Å². The Morgan fingerprint density at radius 2 is 1.28 bits per heavy atom. The van der Waals surface area contributed by atoms with Gasteiger partial charge in [-0.2, -0.15) is 0 Å². The summed E-state index contributed by atoms with van der Waals surface area (Å²) in [5.41, 5.74) is -1.45. The lowest BCUT2D eigenvalue weighted by atomic mass is 9.97. The Morgan fingerprint density at radius 3 is 1.98 bits per heavy atom. The number of aliphatic hydroxyl groups excluding tert-OH is 8. The van der Waals surface area contributed by atoms with Crippen LogP contribution in [0.15, 0.2) is 39.5 Å². The lowest BCUT2D eigenvalue weighted by Gasteiger charge is -2.46. The first kappa shape index (κ1) is 38.8. The van der Waals surface area contributed by atoms with Gasteiger partial charge in [0, 0.05) is 17.7 Å². The molecule has 0 unspecified atom stereocenters. The fraction of sp³-hybridized carbons (Fsp3) is 0.545. The summed E-state index contributed by atoms with van der Waals surface area (Å²) >= 11 is 0. The number of rotatable bonds is 8. The average Bonchev–Trinajstić information content (AvgIpc) is 3.11. The van der Waals surface area contributed by atoms with Gasteiger partial charge in [0.2, 0.25) is 17.5 Å². The SMILES string of the molecule is C[C@@H]1O[C@H](O[C@@H]2[C@@H](O)[C@H](C)O[C@@H](OC[C@@H]3O[C@@H](Oc4c(-c5ccc(O)c(O)c5)oc5cc(O)cc(O)c5c4=O)[C@@H](O)[C@@H](O)[C@H]3O)[C@@H]2O)[C@@H](O)[C@H](O)[C@H]1O. The monoisotopic (exact) mass is 756 g/mol. The number of aliphatic hydroxyl groups is 8. The first-order valence-corrected chi connectivity index (χ1v) is 16.4. The van der Waals surface area contributed by atoms with Gasteiger partial charge in [-0.1, -0.05) is 0 Å². The number of phenols is 4. The van der Waals surface area contributed by atoms with Crippen molar-refractivity contribution in [3.63, 3.8) is 0 Å². The molecule has 3 aliphatic rings. The minimum Gasteiger partial charge on any atom is -0.508 e. The summed E-state index contributed by atoms with van der Waals surface area (Å²) in [6.45, 7) is 2.11. The summed E-state index contributed by atoms with van der Waals surface area (Å²) in [5.74, 6) is -3.51. The van der Waals surface area contributed by atoms with Crippen LogP contribution in [0.5, 0.6) is 28.7 Å². The van der Waals surface area contributed by atoms with Crippen molar-refractivity contribution in [2.45, 2.75) is 106 Å². The highest BCUT2D eigenvalue weighted by Gasteiger charge is 2.51. The standard InChI is InChI=1S/C33H40O20/c1-9-19(38)23(42)25(44)32(49-9)52-29-20(39)10(2)48-31(27(29)46)47-8-17-21(40)24(43)26(45)33(51-17)53-30-22(41)18-15(37)6-12(34)7-16(18)50-28(30)11-3-4-13(35)14(36)5-11/h3-7,9-10,17,19-21,23-27,29,31-40,42-46H,8H2,1-2H3/t9-,10-,17-,19-,20-,21-,23+,24-,25-,26-,27+,29+,31+,32+,33-/m0/s1. The molecule has 1 aromatic heterocycles. The van der Waals surface area contributed by atoms with Crippen LogP contribution in [0.3, 0.4) is 0 Å². The summed E-state index contributed by atoms with van der Waals surface area (Å²) < 4.78 is 39.5. The molecule has 0 radical (unpaired) electrons. The molecule has 0 bridgehead atoms. The van der Waals surface area contributed by atoms with Gasteiger partial charge in [-0.15, -0.1) is 0 Å². The van der Waals surface area contributed by atoms with E-state index in [1.54, 1.807) is 0 Å². The molecule has 15 atom stereocenters. The second-order valence-corrected chi connectivity index (χ2v) is 13.1. The first-order chi connectivity index (χ1) is 25.0. The maximum Gasteiger partial charge on any atom is 0.239 e. The van der Waals surface area contributed by atoms with Gasteiger partial charge < -0.3 is 94.1 Å². The first-order valence-electron chi connectivity index (χ1n) is 16.4. The van der Waals surface area contributed by atoms with Crippen LogP contribution in [-0.2, 0) is 23.7 Å². The van der Waals surface area contributed by atoms with E-state index in [4.69, 9.17) is 32.8 Å². The van der Waals surface area contributed by atoms with Crippen molar-refractivity contribution in [3.05, 3.63) is 40.6 Å². The molecule has 20 heteroatoms. The van der Waals surface area contributed by atoms with Gasteiger partial charge in [0.15, 0.2) is 29.8 Å². The number of hydrogen-bond donors (Lipinski definition) is 12. The number of fused-ring (bicyclic) bond motifs is 1. The minimum atomic E-state index is -2.03. The zero-order valence-corrected chi connectivity index (χ0v) is 27.9. The highest BCUT2D eigenvalue weighted by Crippen LogP contribution is 2.40. The molecule has 0 spiro atoms. The second-order valence-electron chi connectivity index (χ2n) is 13.1. The molecule has 0 aliphatic carbocycles. The van der Waals surface area contributed by atoms with E-state index in [1.807, 2.05) is 0 Å². The Kier molecular flexibility index (Phi) is 11.1. The zero-order chi connectivity index (χ0) is 38.6. The van der Waals surface area contributed by atoms with Gasteiger partial charge in [-0.3, -0.25) is 4.79 Å². The van der Waals surface area contributed by atoms with E-state index in [0.717, 1.165) is 24.3 Å². The van der Waals surface area contributed by atoms with Crippen LogP contribution in [-0.4, -0.2) is 160 Å². The molecule has 3 aromatic rings. The van der Waals surface area contributed by atoms with Crippen molar-refractivity contribution in [3.8, 4) is 40.1 Å². The summed E-state index contributed by atoms with van der Waals surface area (Å²) in [4.78, 5) is 13.7. The fourth-order valence-electron chi connectivity index (χ4n) is 6.26. The van der Waals surface area contributed by atoms with Crippen LogP contribution in [0.2, 0.25) is 0 Å². The van der Waals surface area contributed by atoms with E-state index >= 15 is 0 Å². The van der Waals surface area contributed by atoms with Crippen molar-refractivity contribution in [2.75, 3.05) is 6.61 Å². The molecule has 292 valence electrons. The Morgan fingerprint density at radius 1 is 0.642 bits per heavy atom. The van der Waals surface area contributed by atoms with Gasteiger partial charge in [0.25, 0.3) is 0 Å². The maximum absolute atomic E-state index is 13.7. The molecule has 53 heavy (non-hydrogen) atoms. The molecule has 0 amide bonds. The number of benzene rings is 2. The van der Waals surface area contributed by atoms with Crippen molar-refractivity contribution in [2.24, 2.45) is 0 Å². The van der Waals surface area contributed by atoms with E-state index in [9.17, 15) is 66.1 Å². The van der Waals surface area contributed by atoms with E-state index < -0.39 is 144 Å². The van der Waals surface area contributed by atoms with E-state index in [0.29, 0.717) is 0 Å². The number of hydrogen-bond acceptors (Lipinski definition) is 20. The summed E-state index contributed by atoms with van der Waals surface area (Å²) in [7, 11) is 0. The fourth-order valence-corrected chi connectivity index (χ4v) is 6.26. The molecule has 3 saturated heterocycles. The molecule has 4 heterocycles. The van der Waals surface area contributed by atoms with Crippen LogP contribution in [0.4, 0.5) is 0 Å². The van der Waals surface area contributed by atoms with Crippen LogP contribution in [0, 0.1) is 0 Å². The Bertz CT molecular complexity index is 1830. The van der Waals surface area contributed by atoms with Gasteiger partial charge in [-0.05, 0) is 32.0 Å². The summed E-state index contributed by atoms with van der Waals surface area (Å²) in [5, 5.41) is 125. The predicted molar refractivity (Wildman–Crippen MR) is 171 cm³/mol. The van der Waals surface area contributed by atoms with E-state index in [2.05, 4.69) is 0 Å². The topological polar surface area (TPSA) is 328 Å². The molecule has 3 aliphatic heterocycles. The largest absolute Gasteiger partial charge is 0.508 e. The lowest BCUT2D eigenvalue weighted by Crippen LogP contribution is -2.64. The highest BCUT2D eigenvalue weighted by atomic mass is 16.7. The molecule has 2 aromatic carbocycles. The van der Waals surface area contributed by atoms with E-state index in [-0.39, 0.29) is 11.1 Å². The van der Waals surface area contributed by atoms with Crippen LogP contribution < -0.4 is 10.2 Å². The molecule has 3 fully saturated rings. The number of aromatic hydroxyl groups is 4. The molecule has 12 N–H and O–H groups in total. The van der Waals surface area contributed by atoms with Crippen LogP contribution >= 0.6 is 0 Å². The van der Waals surface area contributed by atoms with Crippen molar-refractivity contribution in [1.82, 2.24) is 0 Å². The highest BCUT2D eigenvalue weighted by molar-refractivity contribution is 5.88. The second kappa shape index (κ2) is 15.1. The summed E-state index contributed by atoms with van der Waals surface area (Å²) in [6.07, 6.45) is -24.5. The van der Waals surface area contributed by atoms with Gasteiger partial charge in [-0.25, -0.2) is 0 Å². The number of ether oxygens (including phenoxy) is 6. The third-order valence-corrected chi connectivity index (χ3v) is 9.36. The minimum absolute atomic E-state index is 0.0642. The van der Waals surface area contributed by atoms with Gasteiger partial charge >= 0.3 is 0 Å². The molecule has 6 rings (SSSR count).